The molecule has 31 heavy (non-hydrogen) atoms. The number of ether oxygens (including phenoxy) is 2. The molecule has 1 aliphatic rings. The van der Waals surface area contributed by atoms with Crippen LogP contribution < -0.4 is 10.1 Å². The fourth-order valence-corrected chi connectivity index (χ4v) is 3.95. The lowest BCUT2D eigenvalue weighted by Gasteiger charge is -2.15. The average molecular weight is 421 g/mol. The molecule has 0 spiro atoms. The highest BCUT2D eigenvalue weighted by atomic mass is 19.1. The molecule has 2 atom stereocenters. The number of halogens is 1. The fraction of sp³-hybridized carbons (Fsp3) is 0.250. The van der Waals surface area contributed by atoms with Gasteiger partial charge >= 0.3 is 6.09 Å². The van der Waals surface area contributed by atoms with Crippen molar-refractivity contribution in [3.63, 3.8) is 0 Å². The molecule has 1 heterocycles. The van der Waals surface area contributed by atoms with E-state index in [0.717, 1.165) is 22.6 Å². The number of allylic oxidation sites excluding steroid dienone is 1. The molecule has 3 aromatic rings. The maximum absolute atomic E-state index is 13.3. The predicted octanol–water partition coefficient (Wildman–Crippen LogP) is 5.30. The molecule has 6 nitrogen and oxygen atoms in total. The van der Waals surface area contributed by atoms with Crippen molar-refractivity contribution in [2.75, 3.05) is 12.4 Å². The van der Waals surface area contributed by atoms with Gasteiger partial charge in [0.2, 0.25) is 0 Å². The monoisotopic (exact) mass is 421 g/mol. The number of rotatable bonds is 5. The third-order valence-electron chi connectivity index (χ3n) is 5.43. The number of nitrogens with zero attached hydrogens (tertiary/aromatic N) is 2. The van der Waals surface area contributed by atoms with Gasteiger partial charge in [0, 0.05) is 22.9 Å². The molecule has 1 N–H and O–H groups in total. The first-order valence-corrected chi connectivity index (χ1v) is 10.1. The Morgan fingerprint density at radius 3 is 2.48 bits per heavy atom. The molecule has 160 valence electrons. The molecule has 1 amide bonds. The van der Waals surface area contributed by atoms with Crippen LogP contribution >= 0.6 is 0 Å². The van der Waals surface area contributed by atoms with Gasteiger partial charge in [-0.05, 0) is 74.9 Å². The Morgan fingerprint density at radius 2 is 1.81 bits per heavy atom. The van der Waals surface area contributed by atoms with Crippen LogP contribution in [0.2, 0.25) is 0 Å². The minimum Gasteiger partial charge on any atom is -0.497 e. The summed E-state index contributed by atoms with van der Waals surface area (Å²) in [6.45, 7) is 3.96. The molecule has 4 rings (SSSR count). The van der Waals surface area contributed by atoms with Crippen molar-refractivity contribution in [3.05, 3.63) is 83.5 Å². The molecule has 1 aliphatic carbocycles. The van der Waals surface area contributed by atoms with Crippen molar-refractivity contribution in [2.24, 2.45) is 0 Å². The van der Waals surface area contributed by atoms with Gasteiger partial charge in [0.1, 0.15) is 17.7 Å². The van der Waals surface area contributed by atoms with E-state index in [-0.39, 0.29) is 17.8 Å². The van der Waals surface area contributed by atoms with Crippen LogP contribution in [0.5, 0.6) is 5.75 Å². The quantitative estimate of drug-likeness (QED) is 0.568. The number of aromatic nitrogens is 2. The Labute approximate surface area is 180 Å². The average Bonchev–Trinajstić information content (AvgIpc) is 3.32. The number of anilines is 1. The summed E-state index contributed by atoms with van der Waals surface area (Å²) < 4.78 is 25.8. The Morgan fingerprint density at radius 1 is 1.10 bits per heavy atom. The second kappa shape index (κ2) is 8.63. The van der Waals surface area contributed by atoms with Gasteiger partial charge in [-0.1, -0.05) is 6.08 Å². The van der Waals surface area contributed by atoms with Crippen LogP contribution in [-0.2, 0) is 4.74 Å². The van der Waals surface area contributed by atoms with Gasteiger partial charge < -0.3 is 9.47 Å². The lowest BCUT2D eigenvalue weighted by atomic mass is 9.96. The molecule has 0 fully saturated rings. The van der Waals surface area contributed by atoms with Gasteiger partial charge in [0.25, 0.3) is 0 Å². The highest BCUT2D eigenvalue weighted by Crippen LogP contribution is 2.35. The maximum Gasteiger partial charge on any atom is 0.412 e. The summed E-state index contributed by atoms with van der Waals surface area (Å²) in [6, 6.07) is 13.3. The number of hydrogen-bond donors (Lipinski definition) is 1. The molecule has 7 heteroatoms. The highest BCUT2D eigenvalue weighted by Gasteiger charge is 2.28. The van der Waals surface area contributed by atoms with E-state index in [0.29, 0.717) is 17.9 Å². The third kappa shape index (κ3) is 4.45. The molecule has 1 aromatic heterocycles. The molecule has 0 aliphatic heterocycles. The number of methoxy groups -OCH3 is 1. The van der Waals surface area contributed by atoms with Crippen LogP contribution in [0, 0.1) is 19.7 Å². The van der Waals surface area contributed by atoms with E-state index in [1.165, 1.54) is 12.1 Å². The van der Waals surface area contributed by atoms with E-state index in [2.05, 4.69) is 16.5 Å². The molecule has 0 bridgehead atoms. The van der Waals surface area contributed by atoms with Crippen molar-refractivity contribution in [3.8, 4) is 11.4 Å². The molecule has 0 saturated carbocycles. The Kier molecular flexibility index (Phi) is 5.75. The zero-order valence-electron chi connectivity index (χ0n) is 17.6. The first-order chi connectivity index (χ1) is 14.9. The number of amides is 1. The first kappa shape index (κ1) is 20.7. The largest absolute Gasteiger partial charge is 0.497 e. The molecule has 2 aromatic carbocycles. The fourth-order valence-electron chi connectivity index (χ4n) is 3.95. The van der Waals surface area contributed by atoms with Gasteiger partial charge in [0.05, 0.1) is 18.5 Å². The topological polar surface area (TPSA) is 65.4 Å². The molecular weight excluding hydrogens is 397 g/mol. The second-order valence-electron chi connectivity index (χ2n) is 7.50. The lowest BCUT2D eigenvalue weighted by molar-refractivity contribution is 0.132. The SMILES string of the molecule is COc1ccc(NC(=O)OC2C=CC(c3c(C)nn(-c4ccc(F)cc4)c3C)C2)cc1. The Bertz CT molecular complexity index is 1100. The molecule has 2 unspecified atom stereocenters. The number of aryl methyl sites for hydroxylation is 1. The van der Waals surface area contributed by atoms with Gasteiger partial charge in [-0.15, -0.1) is 0 Å². The first-order valence-electron chi connectivity index (χ1n) is 10.1. The zero-order chi connectivity index (χ0) is 22.0. The standard InChI is InChI=1S/C24H24FN3O3/c1-15-23(16(2)28(27-15)20-9-5-18(25)6-10-20)17-4-11-22(14-17)31-24(29)26-19-7-12-21(30-3)13-8-19/h4-13,17,22H,14H2,1-3H3,(H,26,29). The van der Waals surface area contributed by atoms with Crippen LogP contribution in [0.25, 0.3) is 5.69 Å². The van der Waals surface area contributed by atoms with E-state index in [1.54, 1.807) is 43.5 Å². The summed E-state index contributed by atoms with van der Waals surface area (Å²) in [7, 11) is 1.59. The highest BCUT2D eigenvalue weighted by molar-refractivity contribution is 5.84. The van der Waals surface area contributed by atoms with Crippen molar-refractivity contribution in [2.45, 2.75) is 32.3 Å². The maximum atomic E-state index is 13.3. The molecular formula is C24H24FN3O3. The lowest BCUT2D eigenvalue weighted by Crippen LogP contribution is -2.20. The Hall–Kier alpha value is -3.61. The van der Waals surface area contributed by atoms with Gasteiger partial charge in [0.15, 0.2) is 0 Å². The van der Waals surface area contributed by atoms with Crippen molar-refractivity contribution >= 4 is 11.8 Å². The predicted molar refractivity (Wildman–Crippen MR) is 116 cm³/mol. The van der Waals surface area contributed by atoms with Crippen molar-refractivity contribution in [1.82, 2.24) is 9.78 Å². The van der Waals surface area contributed by atoms with Crippen molar-refractivity contribution < 1.29 is 18.7 Å². The summed E-state index contributed by atoms with van der Waals surface area (Å²) >= 11 is 0. The smallest absolute Gasteiger partial charge is 0.412 e. The summed E-state index contributed by atoms with van der Waals surface area (Å²) in [5.41, 5.74) is 4.43. The second-order valence-corrected chi connectivity index (χ2v) is 7.50. The van der Waals surface area contributed by atoms with Crippen LogP contribution in [-0.4, -0.2) is 29.1 Å². The minimum atomic E-state index is -0.504. The summed E-state index contributed by atoms with van der Waals surface area (Å²) in [6.07, 6.45) is 3.78. The number of carbonyl (C=O) groups excluding carboxylic acids is 1. The summed E-state index contributed by atoms with van der Waals surface area (Å²) in [4.78, 5) is 12.3. The van der Waals surface area contributed by atoms with E-state index in [4.69, 9.17) is 9.47 Å². The van der Waals surface area contributed by atoms with E-state index < -0.39 is 6.09 Å². The molecule has 0 radical (unpaired) electrons. The van der Waals surface area contributed by atoms with Crippen LogP contribution in [0.4, 0.5) is 14.9 Å². The van der Waals surface area contributed by atoms with Gasteiger partial charge in [-0.25, -0.2) is 13.9 Å². The van der Waals surface area contributed by atoms with Crippen molar-refractivity contribution in [1.29, 1.82) is 0 Å². The van der Waals surface area contributed by atoms with E-state index in [9.17, 15) is 9.18 Å². The normalized spacial score (nSPS) is 17.5. The Balaban J connectivity index is 1.41. The van der Waals surface area contributed by atoms with Crippen LogP contribution in [0.3, 0.4) is 0 Å². The number of benzene rings is 2. The third-order valence-corrected chi connectivity index (χ3v) is 5.43. The summed E-state index contributed by atoms with van der Waals surface area (Å²) in [5, 5.41) is 7.37. The van der Waals surface area contributed by atoms with Crippen LogP contribution in [0.1, 0.15) is 29.3 Å². The van der Waals surface area contributed by atoms with Gasteiger partial charge in [-0.2, -0.15) is 5.10 Å². The number of carbonyl (C=O) groups is 1. The molecule has 0 saturated heterocycles. The van der Waals surface area contributed by atoms with E-state index >= 15 is 0 Å². The zero-order valence-corrected chi connectivity index (χ0v) is 17.6. The summed E-state index contributed by atoms with van der Waals surface area (Å²) in [5.74, 6) is 0.525. The van der Waals surface area contributed by atoms with Gasteiger partial charge in [-0.3, -0.25) is 5.32 Å². The number of hydrogen-bond acceptors (Lipinski definition) is 4. The minimum absolute atomic E-state index is 0.0907. The van der Waals surface area contributed by atoms with Crippen LogP contribution in [0.15, 0.2) is 60.7 Å². The number of nitrogens with one attached hydrogen (secondary N) is 1. The van der Waals surface area contributed by atoms with E-state index in [1.807, 2.05) is 24.6 Å².